The average Bonchev–Trinajstić information content (AvgIpc) is 2.86. The summed E-state index contributed by atoms with van der Waals surface area (Å²) in [5.41, 5.74) is 5.77. The quantitative estimate of drug-likeness (QED) is 0.519. The first-order valence-electron chi connectivity index (χ1n) is 12.0. The van der Waals surface area contributed by atoms with Crippen LogP contribution in [-0.4, -0.2) is 27.0 Å². The fraction of sp³-hybridized carbons (Fsp3) is 0.321. The van der Waals surface area contributed by atoms with Crippen molar-refractivity contribution in [2.75, 3.05) is 10.8 Å². The predicted octanol–water partition coefficient (Wildman–Crippen LogP) is 4.70. The Bertz CT molecular complexity index is 1330. The molecule has 0 spiro atoms. The van der Waals surface area contributed by atoms with Crippen molar-refractivity contribution < 1.29 is 17.9 Å². The zero-order valence-electron chi connectivity index (χ0n) is 20.7. The molecule has 7 heteroatoms. The second-order valence-electron chi connectivity index (χ2n) is 8.95. The van der Waals surface area contributed by atoms with Gasteiger partial charge in [0, 0.05) is 6.54 Å². The third kappa shape index (κ3) is 5.20. The number of rotatable bonds is 7. The Morgan fingerprint density at radius 3 is 2.34 bits per heavy atom. The summed E-state index contributed by atoms with van der Waals surface area (Å²) >= 11 is 0. The third-order valence-electron chi connectivity index (χ3n) is 6.40. The minimum absolute atomic E-state index is 0.103. The van der Waals surface area contributed by atoms with Crippen molar-refractivity contribution in [3.05, 3.63) is 88.5 Å². The molecule has 0 saturated carbocycles. The monoisotopic (exact) mass is 492 g/mol. The number of hydrogen-bond acceptors (Lipinski definition) is 4. The molecule has 1 amide bonds. The Balaban J connectivity index is 1.61. The van der Waals surface area contributed by atoms with E-state index in [1.807, 2.05) is 19.9 Å². The summed E-state index contributed by atoms with van der Waals surface area (Å²) in [6.07, 6.45) is 0.812. The van der Waals surface area contributed by atoms with Gasteiger partial charge in [-0.05, 0) is 73.2 Å². The van der Waals surface area contributed by atoms with E-state index in [1.54, 1.807) is 36.4 Å². The van der Waals surface area contributed by atoms with Gasteiger partial charge in [0.1, 0.15) is 5.75 Å². The van der Waals surface area contributed by atoms with Crippen molar-refractivity contribution in [3.63, 3.8) is 0 Å². The van der Waals surface area contributed by atoms with E-state index in [0.717, 1.165) is 29.5 Å². The van der Waals surface area contributed by atoms with E-state index in [9.17, 15) is 13.2 Å². The van der Waals surface area contributed by atoms with Crippen molar-refractivity contribution >= 4 is 21.6 Å². The molecule has 1 unspecified atom stereocenters. The lowest BCUT2D eigenvalue weighted by Crippen LogP contribution is -2.50. The Labute approximate surface area is 208 Å². The van der Waals surface area contributed by atoms with E-state index in [2.05, 4.69) is 37.4 Å². The molecule has 184 valence electrons. The van der Waals surface area contributed by atoms with E-state index < -0.39 is 16.1 Å². The molecule has 1 aliphatic rings. The second kappa shape index (κ2) is 10.1. The molecule has 1 aliphatic heterocycles. The second-order valence-corrected chi connectivity index (χ2v) is 10.8. The van der Waals surface area contributed by atoms with Gasteiger partial charge in [0.15, 0.2) is 6.10 Å². The van der Waals surface area contributed by atoms with E-state index in [0.29, 0.717) is 18.0 Å². The summed E-state index contributed by atoms with van der Waals surface area (Å²) in [5, 5.41) is 2.97. The van der Waals surface area contributed by atoms with Crippen LogP contribution in [0.15, 0.2) is 65.6 Å². The van der Waals surface area contributed by atoms with Crippen LogP contribution in [-0.2, 0) is 34.2 Å². The minimum Gasteiger partial charge on any atom is -0.476 e. The number of carbonyl (C=O) groups is 1. The van der Waals surface area contributed by atoms with Crippen molar-refractivity contribution in [2.24, 2.45) is 0 Å². The highest BCUT2D eigenvalue weighted by molar-refractivity contribution is 7.92. The first kappa shape index (κ1) is 24.8. The first-order chi connectivity index (χ1) is 16.7. The number of carbonyl (C=O) groups excluding carboxylic acids is 1. The van der Waals surface area contributed by atoms with Crippen LogP contribution in [0.5, 0.6) is 5.75 Å². The van der Waals surface area contributed by atoms with Gasteiger partial charge in [0.2, 0.25) is 0 Å². The van der Waals surface area contributed by atoms with E-state index in [4.69, 9.17) is 4.74 Å². The molecule has 0 saturated heterocycles. The third-order valence-corrected chi connectivity index (χ3v) is 8.19. The molecule has 1 heterocycles. The number of sulfonamides is 1. The number of nitrogens with zero attached hydrogens (tertiary/aromatic N) is 1. The lowest BCUT2D eigenvalue weighted by Gasteiger charge is -2.35. The molecule has 4 rings (SSSR count). The van der Waals surface area contributed by atoms with Crippen LogP contribution in [0.2, 0.25) is 0 Å². The number of amides is 1. The van der Waals surface area contributed by atoms with Gasteiger partial charge in [-0.2, -0.15) is 0 Å². The number of ether oxygens (including phenoxy) is 1. The molecule has 6 nitrogen and oxygen atoms in total. The fourth-order valence-electron chi connectivity index (χ4n) is 4.27. The molecule has 1 N–H and O–H groups in total. The normalized spacial score (nSPS) is 15.3. The molecule has 3 aromatic rings. The van der Waals surface area contributed by atoms with Crippen LogP contribution >= 0.6 is 0 Å². The highest BCUT2D eigenvalue weighted by Crippen LogP contribution is 2.37. The van der Waals surface area contributed by atoms with E-state index >= 15 is 0 Å². The van der Waals surface area contributed by atoms with Gasteiger partial charge in [-0.1, -0.05) is 55.8 Å². The maximum atomic E-state index is 13.6. The minimum atomic E-state index is -3.88. The van der Waals surface area contributed by atoms with Gasteiger partial charge in [-0.15, -0.1) is 0 Å². The zero-order chi connectivity index (χ0) is 25.2. The van der Waals surface area contributed by atoms with Gasteiger partial charge in [-0.3, -0.25) is 9.10 Å². The van der Waals surface area contributed by atoms with Crippen molar-refractivity contribution in [1.82, 2.24) is 5.32 Å². The number of aryl methyl sites for hydroxylation is 4. The van der Waals surface area contributed by atoms with Crippen LogP contribution in [0.1, 0.15) is 41.7 Å². The summed E-state index contributed by atoms with van der Waals surface area (Å²) in [4.78, 5) is 13.4. The van der Waals surface area contributed by atoms with Crippen LogP contribution in [0.3, 0.4) is 0 Å². The molecular formula is C28H32N2O4S. The molecular weight excluding hydrogens is 460 g/mol. The number of hydrogen-bond donors (Lipinski definition) is 1. The highest BCUT2D eigenvalue weighted by Gasteiger charge is 2.37. The lowest BCUT2D eigenvalue weighted by molar-refractivity contribution is -0.127. The Hall–Kier alpha value is -3.32. The molecule has 3 aromatic carbocycles. The molecule has 1 atom stereocenters. The van der Waals surface area contributed by atoms with Gasteiger partial charge >= 0.3 is 0 Å². The van der Waals surface area contributed by atoms with Crippen molar-refractivity contribution in [2.45, 2.75) is 58.1 Å². The van der Waals surface area contributed by atoms with Crippen LogP contribution in [0, 0.1) is 13.8 Å². The zero-order valence-corrected chi connectivity index (χ0v) is 21.5. The number of benzene rings is 3. The standard InChI is InChI=1S/C28H32N2O4S/c1-5-21-10-11-22(6-2)23(16-21)17-29-28(31)27-18-30(25-14-9-20(4)15-26(25)34-27)35(32,33)24-12-7-19(3)8-13-24/h7-16,27H,5-6,17-18H2,1-4H3,(H,29,31). The summed E-state index contributed by atoms with van der Waals surface area (Å²) in [6, 6.07) is 18.4. The summed E-state index contributed by atoms with van der Waals surface area (Å²) < 4.78 is 34.5. The maximum Gasteiger partial charge on any atom is 0.264 e. The molecule has 0 fully saturated rings. The Kier molecular flexibility index (Phi) is 7.17. The number of nitrogens with one attached hydrogen (secondary N) is 1. The smallest absolute Gasteiger partial charge is 0.264 e. The largest absolute Gasteiger partial charge is 0.476 e. The van der Waals surface area contributed by atoms with Crippen molar-refractivity contribution in [1.29, 1.82) is 0 Å². The van der Waals surface area contributed by atoms with Crippen LogP contribution in [0.25, 0.3) is 0 Å². The average molecular weight is 493 g/mol. The SMILES string of the molecule is CCc1ccc(CC)c(CNC(=O)C2CN(S(=O)(=O)c3ccc(C)cc3)c3ccc(C)cc3O2)c1. The van der Waals surface area contributed by atoms with Gasteiger partial charge in [-0.25, -0.2) is 8.42 Å². The van der Waals surface area contributed by atoms with Gasteiger partial charge in [0.25, 0.3) is 15.9 Å². The van der Waals surface area contributed by atoms with E-state index in [-0.39, 0.29) is 17.3 Å². The first-order valence-corrected chi connectivity index (χ1v) is 13.4. The maximum absolute atomic E-state index is 13.6. The molecule has 0 aliphatic carbocycles. The van der Waals surface area contributed by atoms with Crippen molar-refractivity contribution in [3.8, 4) is 5.75 Å². The number of fused-ring (bicyclic) bond motifs is 1. The lowest BCUT2D eigenvalue weighted by atomic mass is 10.0. The highest BCUT2D eigenvalue weighted by atomic mass is 32.2. The van der Waals surface area contributed by atoms with Crippen LogP contribution < -0.4 is 14.4 Å². The number of anilines is 1. The summed E-state index contributed by atoms with van der Waals surface area (Å²) in [6.45, 7) is 8.25. The molecule has 35 heavy (non-hydrogen) atoms. The van der Waals surface area contributed by atoms with Crippen LogP contribution in [0.4, 0.5) is 5.69 Å². The molecule has 0 aromatic heterocycles. The molecule has 0 bridgehead atoms. The predicted molar refractivity (Wildman–Crippen MR) is 138 cm³/mol. The van der Waals surface area contributed by atoms with Gasteiger partial charge < -0.3 is 10.1 Å². The molecule has 0 radical (unpaired) electrons. The summed E-state index contributed by atoms with van der Waals surface area (Å²) in [5.74, 6) is 0.0412. The summed E-state index contributed by atoms with van der Waals surface area (Å²) in [7, 11) is -3.88. The Morgan fingerprint density at radius 1 is 0.943 bits per heavy atom. The van der Waals surface area contributed by atoms with E-state index in [1.165, 1.54) is 15.4 Å². The fourth-order valence-corrected chi connectivity index (χ4v) is 5.74. The van der Waals surface area contributed by atoms with Gasteiger partial charge in [0.05, 0.1) is 17.1 Å². The Morgan fingerprint density at radius 2 is 1.66 bits per heavy atom. The topological polar surface area (TPSA) is 75.7 Å².